The van der Waals surface area contributed by atoms with Crippen molar-refractivity contribution in [2.75, 3.05) is 0 Å². The quantitative estimate of drug-likeness (QED) is 0.487. The number of ether oxygens (including phenoxy) is 1. The van der Waals surface area contributed by atoms with Crippen molar-refractivity contribution >= 4 is 39.8 Å². The predicted molar refractivity (Wildman–Crippen MR) is 122 cm³/mol. The topological polar surface area (TPSA) is 43.4 Å². The number of hydrogen-bond acceptors (Lipinski definition) is 3. The number of ketones is 1. The zero-order valence-corrected chi connectivity index (χ0v) is 17.5. The van der Waals surface area contributed by atoms with Crippen LogP contribution in [-0.2, 0) is 14.3 Å². The number of hydrogen-bond donors (Lipinski definition) is 0. The Morgan fingerprint density at radius 2 is 1.17 bits per heavy atom. The van der Waals surface area contributed by atoms with Gasteiger partial charge >= 0.3 is 5.97 Å². The highest BCUT2D eigenvalue weighted by Crippen LogP contribution is 2.51. The lowest BCUT2D eigenvalue weighted by Crippen LogP contribution is -2.37. The SMILES string of the molecule is O=C1CC[C@H]2OC(=O)C(=P(c3ccccc3)(c3ccccc3)c3ccccc3)[C@H]2C1. The van der Waals surface area contributed by atoms with Gasteiger partial charge in [-0.1, -0.05) is 91.0 Å². The summed E-state index contributed by atoms with van der Waals surface area (Å²) in [7, 11) is 0. The van der Waals surface area contributed by atoms with Crippen LogP contribution in [0.4, 0.5) is 0 Å². The van der Waals surface area contributed by atoms with E-state index < -0.39 is 6.89 Å². The van der Waals surface area contributed by atoms with E-state index in [0.29, 0.717) is 19.3 Å². The molecule has 2 fully saturated rings. The van der Waals surface area contributed by atoms with Gasteiger partial charge in [0.05, 0.1) is 5.29 Å². The first-order valence-corrected chi connectivity index (χ1v) is 12.2. The van der Waals surface area contributed by atoms with Gasteiger partial charge in [0.15, 0.2) is 0 Å². The van der Waals surface area contributed by atoms with Crippen LogP contribution in [0.3, 0.4) is 0 Å². The van der Waals surface area contributed by atoms with Crippen LogP contribution in [0.15, 0.2) is 91.0 Å². The van der Waals surface area contributed by atoms with Gasteiger partial charge in [-0.25, -0.2) is 4.79 Å². The van der Waals surface area contributed by atoms with Gasteiger partial charge in [-0.15, -0.1) is 0 Å². The number of fused-ring (bicyclic) bond motifs is 1. The van der Waals surface area contributed by atoms with Crippen LogP contribution in [0, 0.1) is 5.92 Å². The van der Waals surface area contributed by atoms with Gasteiger partial charge < -0.3 is 4.74 Å². The largest absolute Gasteiger partial charge is 0.458 e. The Bertz CT molecular complexity index is 1030. The van der Waals surface area contributed by atoms with E-state index in [2.05, 4.69) is 36.4 Å². The zero-order valence-electron chi connectivity index (χ0n) is 16.6. The molecule has 0 unspecified atom stereocenters. The van der Waals surface area contributed by atoms with Crippen molar-refractivity contribution in [2.45, 2.75) is 25.4 Å². The number of Topliss-reactive ketones (excluding diaryl/α,β-unsaturated/α-hetero) is 1. The summed E-state index contributed by atoms with van der Waals surface area (Å²) in [5.41, 5.74) is 0. The van der Waals surface area contributed by atoms with Crippen LogP contribution in [0.1, 0.15) is 19.3 Å². The monoisotopic (exact) mass is 414 g/mol. The van der Waals surface area contributed by atoms with E-state index in [1.165, 1.54) is 0 Å². The van der Waals surface area contributed by atoms with Crippen LogP contribution in [0.5, 0.6) is 0 Å². The number of carbonyl (C=O) groups is 2. The summed E-state index contributed by atoms with van der Waals surface area (Å²) in [4.78, 5) is 25.9. The summed E-state index contributed by atoms with van der Waals surface area (Å²) < 4.78 is 5.90. The maximum absolute atomic E-state index is 13.5. The smallest absolute Gasteiger partial charge is 0.335 e. The minimum Gasteiger partial charge on any atom is -0.458 e. The van der Waals surface area contributed by atoms with Crippen LogP contribution in [0.2, 0.25) is 0 Å². The second-order valence-corrected chi connectivity index (χ2v) is 11.3. The maximum Gasteiger partial charge on any atom is 0.335 e. The first-order chi connectivity index (χ1) is 14.7. The Morgan fingerprint density at radius 3 is 1.63 bits per heavy atom. The molecule has 3 nitrogen and oxygen atoms in total. The van der Waals surface area contributed by atoms with E-state index in [0.717, 1.165) is 21.2 Å². The predicted octanol–water partition coefficient (Wildman–Crippen LogP) is 3.45. The molecule has 30 heavy (non-hydrogen) atoms. The second kappa shape index (κ2) is 7.74. The standard InChI is InChI=1S/C26H23O3P/c27-19-16-17-24-23(18-19)25(26(28)29-24)30(20-10-4-1-5-11-20,21-12-6-2-7-13-21)22-14-8-3-9-15-22/h1-15,23-24H,16-18H2/t23-,24+/m0/s1. The van der Waals surface area contributed by atoms with Crippen molar-refractivity contribution in [1.82, 2.24) is 0 Å². The number of carbonyl (C=O) groups excluding carboxylic acids is 2. The summed E-state index contributed by atoms with van der Waals surface area (Å²) in [6, 6.07) is 30.9. The zero-order chi connectivity index (χ0) is 20.6. The fourth-order valence-electron chi connectivity index (χ4n) is 4.95. The molecule has 5 rings (SSSR count). The molecule has 0 amide bonds. The lowest BCUT2D eigenvalue weighted by atomic mass is 9.85. The highest BCUT2D eigenvalue weighted by molar-refractivity contribution is 7.96. The first kappa shape index (κ1) is 19.1. The molecule has 0 spiro atoms. The Morgan fingerprint density at radius 1 is 0.700 bits per heavy atom. The van der Waals surface area contributed by atoms with Crippen molar-refractivity contribution in [3.8, 4) is 0 Å². The molecular weight excluding hydrogens is 391 g/mol. The van der Waals surface area contributed by atoms with E-state index in [-0.39, 0.29) is 23.8 Å². The van der Waals surface area contributed by atoms with Gasteiger partial charge in [-0.2, -0.15) is 0 Å². The lowest BCUT2D eigenvalue weighted by molar-refractivity contribution is -0.140. The van der Waals surface area contributed by atoms with Crippen molar-refractivity contribution in [2.24, 2.45) is 5.92 Å². The number of benzene rings is 3. The molecule has 1 aliphatic heterocycles. The van der Waals surface area contributed by atoms with E-state index in [9.17, 15) is 9.59 Å². The highest BCUT2D eigenvalue weighted by atomic mass is 31.2. The van der Waals surface area contributed by atoms with Crippen molar-refractivity contribution in [3.05, 3.63) is 91.0 Å². The Labute approximate surface area is 176 Å². The first-order valence-electron chi connectivity index (χ1n) is 10.4. The van der Waals surface area contributed by atoms with Crippen LogP contribution in [-0.4, -0.2) is 23.2 Å². The molecular formula is C26H23O3P. The summed E-state index contributed by atoms with van der Waals surface area (Å²) in [6.07, 6.45) is 1.31. The fraction of sp³-hybridized carbons (Fsp3) is 0.192. The summed E-state index contributed by atoms with van der Waals surface area (Å²) in [5.74, 6) is -0.170. The third-order valence-corrected chi connectivity index (χ3v) is 10.7. The lowest BCUT2D eigenvalue weighted by Gasteiger charge is -2.33. The highest BCUT2D eigenvalue weighted by Gasteiger charge is 2.49. The van der Waals surface area contributed by atoms with Gasteiger partial charge in [-0.3, -0.25) is 4.79 Å². The van der Waals surface area contributed by atoms with Crippen LogP contribution in [0.25, 0.3) is 0 Å². The molecule has 4 heteroatoms. The van der Waals surface area contributed by atoms with Gasteiger partial charge in [0.1, 0.15) is 11.9 Å². The molecule has 3 aromatic rings. The summed E-state index contributed by atoms with van der Waals surface area (Å²) >= 11 is 0. The number of rotatable bonds is 3. The maximum atomic E-state index is 13.5. The molecule has 2 aliphatic rings. The molecule has 1 saturated heterocycles. The van der Waals surface area contributed by atoms with Crippen LogP contribution < -0.4 is 15.9 Å². The Kier molecular flexibility index (Phi) is 4.92. The normalized spacial score (nSPS) is 21.3. The average molecular weight is 414 g/mol. The summed E-state index contributed by atoms with van der Waals surface area (Å²) in [6.45, 7) is -2.48. The van der Waals surface area contributed by atoms with E-state index >= 15 is 0 Å². The number of esters is 1. The van der Waals surface area contributed by atoms with Crippen molar-refractivity contribution < 1.29 is 14.3 Å². The molecule has 1 aliphatic carbocycles. The van der Waals surface area contributed by atoms with Gasteiger partial charge in [-0.05, 0) is 29.2 Å². The van der Waals surface area contributed by atoms with Crippen molar-refractivity contribution in [3.63, 3.8) is 0 Å². The van der Waals surface area contributed by atoms with Gasteiger partial charge in [0, 0.05) is 18.8 Å². The van der Waals surface area contributed by atoms with Crippen LogP contribution >= 0.6 is 6.89 Å². The molecule has 0 bridgehead atoms. The second-order valence-electron chi connectivity index (χ2n) is 7.89. The molecule has 0 radical (unpaired) electrons. The molecule has 0 N–H and O–H groups in total. The van der Waals surface area contributed by atoms with Gasteiger partial charge in [0.2, 0.25) is 0 Å². The molecule has 1 saturated carbocycles. The molecule has 1 heterocycles. The van der Waals surface area contributed by atoms with Gasteiger partial charge in [0.25, 0.3) is 0 Å². The minimum absolute atomic E-state index is 0.160. The average Bonchev–Trinajstić information content (AvgIpc) is 3.12. The third kappa shape index (κ3) is 2.97. The Balaban J connectivity index is 1.96. The Hall–Kier alpha value is -2.90. The fourth-order valence-corrected chi connectivity index (χ4v) is 9.62. The van der Waals surface area contributed by atoms with E-state index in [1.807, 2.05) is 54.6 Å². The minimum atomic E-state index is -2.48. The van der Waals surface area contributed by atoms with E-state index in [4.69, 9.17) is 4.74 Å². The summed E-state index contributed by atoms with van der Waals surface area (Å²) in [5, 5.41) is 4.15. The molecule has 3 aromatic carbocycles. The molecule has 2 atom stereocenters. The van der Waals surface area contributed by atoms with E-state index in [1.54, 1.807) is 0 Å². The molecule has 150 valence electrons. The molecule has 0 aromatic heterocycles. The van der Waals surface area contributed by atoms with Crippen molar-refractivity contribution in [1.29, 1.82) is 0 Å². The third-order valence-electron chi connectivity index (χ3n) is 6.21.